The van der Waals surface area contributed by atoms with E-state index in [1.165, 1.54) is 6.07 Å². The van der Waals surface area contributed by atoms with Gasteiger partial charge in [-0.2, -0.15) is 18.3 Å². The van der Waals surface area contributed by atoms with Crippen LogP contribution in [0.4, 0.5) is 30.5 Å². The lowest BCUT2D eigenvalue weighted by Crippen LogP contribution is -2.16. The summed E-state index contributed by atoms with van der Waals surface area (Å²) in [6, 6.07) is 7.64. The summed E-state index contributed by atoms with van der Waals surface area (Å²) in [5.41, 5.74) is 3.37. The number of nitrogens with one attached hydrogen (secondary N) is 2. The van der Waals surface area contributed by atoms with Crippen molar-refractivity contribution in [3.8, 4) is 11.1 Å². The van der Waals surface area contributed by atoms with Crippen LogP contribution < -0.4 is 10.6 Å². The standard InChI is InChI=1S/C24H22F3N7O/c1-3-34-14-20(13-31-34)33-23-29-10-18(11-30-23)17-5-4-16(15(2)8-17)9-22(35)32-19-6-7-21(28-12-19)24(25,26)27/h4-8,10-14H,3,9H2,1-2H3,(H,32,35)(H,29,30,33). The molecule has 8 nitrogen and oxygen atoms in total. The maximum Gasteiger partial charge on any atom is 0.433 e. The molecule has 4 rings (SSSR count). The molecule has 3 aromatic heterocycles. The topological polar surface area (TPSA) is 97.6 Å². The third-order valence-electron chi connectivity index (χ3n) is 5.23. The van der Waals surface area contributed by atoms with E-state index >= 15 is 0 Å². The minimum atomic E-state index is -4.53. The van der Waals surface area contributed by atoms with Crippen molar-refractivity contribution in [3.05, 3.63) is 78.1 Å². The fourth-order valence-corrected chi connectivity index (χ4v) is 3.36. The molecule has 1 amide bonds. The molecule has 0 atom stereocenters. The molecular formula is C24H22F3N7O. The van der Waals surface area contributed by atoms with Gasteiger partial charge in [0.15, 0.2) is 0 Å². The Hall–Kier alpha value is -4.28. The molecule has 0 aliphatic carbocycles. The molecule has 0 radical (unpaired) electrons. The number of anilines is 3. The number of carbonyl (C=O) groups is 1. The molecule has 3 heterocycles. The Balaban J connectivity index is 1.38. The fraction of sp³-hybridized carbons (Fsp3) is 0.208. The second-order valence-electron chi connectivity index (χ2n) is 7.80. The molecule has 4 aromatic rings. The first kappa shape index (κ1) is 23.9. The van der Waals surface area contributed by atoms with Gasteiger partial charge in [-0.05, 0) is 42.7 Å². The molecule has 35 heavy (non-hydrogen) atoms. The van der Waals surface area contributed by atoms with Crippen LogP contribution in [-0.2, 0) is 23.9 Å². The van der Waals surface area contributed by atoms with E-state index in [-0.39, 0.29) is 18.0 Å². The van der Waals surface area contributed by atoms with E-state index in [2.05, 4.69) is 30.7 Å². The Bertz CT molecular complexity index is 1320. The zero-order chi connectivity index (χ0) is 25.0. The number of amides is 1. The van der Waals surface area contributed by atoms with Crippen molar-refractivity contribution in [2.75, 3.05) is 10.6 Å². The van der Waals surface area contributed by atoms with Crippen LogP contribution in [0.1, 0.15) is 23.7 Å². The van der Waals surface area contributed by atoms with E-state index in [0.717, 1.165) is 46.7 Å². The number of aromatic nitrogens is 5. The van der Waals surface area contributed by atoms with Crippen LogP contribution in [-0.4, -0.2) is 30.6 Å². The van der Waals surface area contributed by atoms with Crippen LogP contribution in [0.15, 0.2) is 61.3 Å². The van der Waals surface area contributed by atoms with Gasteiger partial charge in [-0.15, -0.1) is 0 Å². The molecule has 0 spiro atoms. The third kappa shape index (κ3) is 5.99. The Morgan fingerprint density at radius 3 is 2.34 bits per heavy atom. The lowest BCUT2D eigenvalue weighted by molar-refractivity contribution is -0.141. The fourth-order valence-electron chi connectivity index (χ4n) is 3.36. The number of pyridine rings is 1. The normalized spacial score (nSPS) is 11.3. The van der Waals surface area contributed by atoms with Crippen LogP contribution >= 0.6 is 0 Å². The Kier molecular flexibility index (Phi) is 6.76. The van der Waals surface area contributed by atoms with Crippen molar-refractivity contribution in [1.29, 1.82) is 0 Å². The average molecular weight is 481 g/mol. The summed E-state index contributed by atoms with van der Waals surface area (Å²) in [5, 5.41) is 9.87. The molecule has 2 N–H and O–H groups in total. The van der Waals surface area contributed by atoms with Crippen LogP contribution in [0.2, 0.25) is 0 Å². The second-order valence-corrected chi connectivity index (χ2v) is 7.80. The highest BCUT2D eigenvalue weighted by Crippen LogP contribution is 2.28. The molecule has 1 aromatic carbocycles. The number of benzene rings is 1. The Morgan fingerprint density at radius 1 is 0.971 bits per heavy atom. The SMILES string of the molecule is CCn1cc(Nc2ncc(-c3ccc(CC(=O)Nc4ccc(C(F)(F)F)nc4)c(C)c3)cn2)cn1. The molecule has 0 aliphatic heterocycles. The summed E-state index contributed by atoms with van der Waals surface area (Å²) in [5.74, 6) is 0.0970. The van der Waals surface area contributed by atoms with Crippen LogP contribution in [0.25, 0.3) is 11.1 Å². The van der Waals surface area contributed by atoms with Gasteiger partial charge >= 0.3 is 6.18 Å². The van der Waals surface area contributed by atoms with Gasteiger partial charge in [0.2, 0.25) is 11.9 Å². The zero-order valence-corrected chi connectivity index (χ0v) is 19.0. The highest BCUT2D eigenvalue weighted by atomic mass is 19.4. The third-order valence-corrected chi connectivity index (χ3v) is 5.23. The van der Waals surface area contributed by atoms with E-state index in [1.807, 2.05) is 38.2 Å². The van der Waals surface area contributed by atoms with Crippen molar-refractivity contribution in [2.45, 2.75) is 33.0 Å². The van der Waals surface area contributed by atoms with Crippen molar-refractivity contribution in [3.63, 3.8) is 0 Å². The predicted molar refractivity (Wildman–Crippen MR) is 125 cm³/mol. The maximum atomic E-state index is 12.6. The predicted octanol–water partition coefficient (Wildman–Crippen LogP) is 5.01. The first-order valence-corrected chi connectivity index (χ1v) is 10.8. The highest BCUT2D eigenvalue weighted by Gasteiger charge is 2.32. The number of hydrogen-bond acceptors (Lipinski definition) is 6. The van der Waals surface area contributed by atoms with Crippen molar-refractivity contribution in [1.82, 2.24) is 24.7 Å². The quantitative estimate of drug-likeness (QED) is 0.385. The number of carbonyl (C=O) groups excluding carboxylic acids is 1. The van der Waals surface area contributed by atoms with E-state index in [0.29, 0.717) is 5.95 Å². The van der Waals surface area contributed by atoms with E-state index in [9.17, 15) is 18.0 Å². The molecule has 0 saturated carbocycles. The van der Waals surface area contributed by atoms with E-state index in [1.54, 1.807) is 23.3 Å². The molecule has 0 aliphatic rings. The van der Waals surface area contributed by atoms with Crippen molar-refractivity contribution < 1.29 is 18.0 Å². The second kappa shape index (κ2) is 9.92. The monoisotopic (exact) mass is 481 g/mol. The summed E-state index contributed by atoms with van der Waals surface area (Å²) in [7, 11) is 0. The van der Waals surface area contributed by atoms with Gasteiger partial charge in [-0.1, -0.05) is 18.2 Å². The van der Waals surface area contributed by atoms with E-state index < -0.39 is 11.9 Å². The van der Waals surface area contributed by atoms with Crippen molar-refractivity contribution >= 4 is 23.2 Å². The minimum Gasteiger partial charge on any atom is -0.324 e. The van der Waals surface area contributed by atoms with Gasteiger partial charge in [-0.3, -0.25) is 9.48 Å². The summed E-state index contributed by atoms with van der Waals surface area (Å²) >= 11 is 0. The first-order valence-electron chi connectivity index (χ1n) is 10.8. The van der Waals surface area contributed by atoms with Gasteiger partial charge in [0.1, 0.15) is 5.69 Å². The lowest BCUT2D eigenvalue weighted by Gasteiger charge is -2.10. The number of aryl methyl sites for hydroxylation is 2. The smallest absolute Gasteiger partial charge is 0.324 e. The molecule has 0 bridgehead atoms. The lowest BCUT2D eigenvalue weighted by atomic mass is 9.99. The van der Waals surface area contributed by atoms with Gasteiger partial charge in [0, 0.05) is 30.7 Å². The first-order chi connectivity index (χ1) is 16.7. The minimum absolute atomic E-state index is 0.0674. The molecule has 0 saturated heterocycles. The molecule has 0 unspecified atom stereocenters. The van der Waals surface area contributed by atoms with Crippen LogP contribution in [0, 0.1) is 6.92 Å². The van der Waals surface area contributed by atoms with E-state index in [4.69, 9.17) is 0 Å². The van der Waals surface area contributed by atoms with Gasteiger partial charge in [-0.25, -0.2) is 15.0 Å². The van der Waals surface area contributed by atoms with Crippen LogP contribution in [0.5, 0.6) is 0 Å². The average Bonchev–Trinajstić information content (AvgIpc) is 3.28. The zero-order valence-electron chi connectivity index (χ0n) is 19.0. The number of hydrogen-bond donors (Lipinski definition) is 2. The molecule has 180 valence electrons. The summed E-state index contributed by atoms with van der Waals surface area (Å²) < 4.78 is 39.7. The Morgan fingerprint density at radius 2 is 1.74 bits per heavy atom. The number of alkyl halides is 3. The van der Waals surface area contributed by atoms with Crippen LogP contribution in [0.3, 0.4) is 0 Å². The van der Waals surface area contributed by atoms with Gasteiger partial charge in [0.25, 0.3) is 0 Å². The van der Waals surface area contributed by atoms with Crippen molar-refractivity contribution in [2.24, 2.45) is 0 Å². The number of nitrogens with zero attached hydrogens (tertiary/aromatic N) is 5. The molecular weight excluding hydrogens is 459 g/mol. The molecule has 0 fully saturated rings. The Labute approximate surface area is 199 Å². The molecule has 11 heteroatoms. The number of rotatable bonds is 7. The summed E-state index contributed by atoms with van der Waals surface area (Å²) in [4.78, 5) is 24.4. The van der Waals surface area contributed by atoms with Gasteiger partial charge in [0.05, 0.1) is 30.2 Å². The van der Waals surface area contributed by atoms with Gasteiger partial charge < -0.3 is 10.6 Å². The maximum absolute atomic E-state index is 12.6. The summed E-state index contributed by atoms with van der Waals surface area (Å²) in [6.07, 6.45) is 3.51. The largest absolute Gasteiger partial charge is 0.433 e. The highest BCUT2D eigenvalue weighted by molar-refractivity contribution is 5.92. The summed E-state index contributed by atoms with van der Waals surface area (Å²) in [6.45, 7) is 4.65. The number of halogens is 3.